The lowest BCUT2D eigenvalue weighted by atomic mass is 10.0. The van der Waals surface area contributed by atoms with Crippen molar-refractivity contribution in [2.24, 2.45) is 5.92 Å². The van der Waals surface area contributed by atoms with Crippen molar-refractivity contribution in [3.8, 4) is 0 Å². The molecule has 0 aliphatic rings. The molecule has 1 N–H and O–H groups in total. The minimum atomic E-state index is -3.30. The van der Waals surface area contributed by atoms with Gasteiger partial charge in [-0.3, -0.25) is 4.57 Å². The van der Waals surface area contributed by atoms with E-state index < -0.39 is 7.60 Å². The summed E-state index contributed by atoms with van der Waals surface area (Å²) in [4.78, 5) is 8.87. The van der Waals surface area contributed by atoms with Crippen LogP contribution in [0, 0.1) is 5.92 Å². The van der Waals surface area contributed by atoms with Gasteiger partial charge < -0.3 is 14.2 Å². The summed E-state index contributed by atoms with van der Waals surface area (Å²) in [6, 6.07) is 0. The fourth-order valence-electron chi connectivity index (χ4n) is 1.61. The van der Waals surface area contributed by atoms with Gasteiger partial charge in [0.05, 0.1) is 6.61 Å². The maximum absolute atomic E-state index is 10.8. The van der Waals surface area contributed by atoms with E-state index in [1.54, 1.807) is 0 Å². The van der Waals surface area contributed by atoms with E-state index in [-0.39, 0.29) is 0 Å². The summed E-state index contributed by atoms with van der Waals surface area (Å²) < 4.78 is 21.0. The van der Waals surface area contributed by atoms with E-state index in [1.807, 2.05) is 0 Å². The number of unbranched alkanes of at least 4 members (excludes halogenated alkanes) is 3. The zero-order valence-electron chi connectivity index (χ0n) is 12.1. The molecule has 110 valence electrons. The fourth-order valence-corrected chi connectivity index (χ4v) is 2.08. The standard InChI is InChI=1S/C13H29O4P/c1-13(2)9-6-4-5-7-10-16-11-8-12-17-18(3,14)15/h13H,4-12H2,1-3H3,(H,14,15). The highest BCUT2D eigenvalue weighted by molar-refractivity contribution is 7.51. The molecule has 0 aromatic carbocycles. The molecule has 0 aromatic rings. The fraction of sp³-hybridized carbons (Fsp3) is 1.00. The van der Waals surface area contributed by atoms with Gasteiger partial charge in [0.15, 0.2) is 0 Å². The minimum Gasteiger partial charge on any atom is -0.381 e. The van der Waals surface area contributed by atoms with E-state index >= 15 is 0 Å². The van der Waals surface area contributed by atoms with Crippen molar-refractivity contribution >= 4 is 7.60 Å². The zero-order chi connectivity index (χ0) is 13.9. The molecular formula is C13H29O4P. The first-order chi connectivity index (χ1) is 8.42. The van der Waals surface area contributed by atoms with Crippen molar-refractivity contribution < 1.29 is 18.7 Å². The normalized spacial score (nSPS) is 14.9. The van der Waals surface area contributed by atoms with Crippen LogP contribution in [0.5, 0.6) is 0 Å². The van der Waals surface area contributed by atoms with Crippen LogP contribution in [0.1, 0.15) is 52.4 Å². The van der Waals surface area contributed by atoms with Crippen LogP contribution in [-0.4, -0.2) is 31.4 Å². The van der Waals surface area contributed by atoms with Crippen LogP contribution in [0.4, 0.5) is 0 Å². The second-order valence-electron chi connectivity index (χ2n) is 5.20. The molecule has 0 radical (unpaired) electrons. The van der Waals surface area contributed by atoms with Gasteiger partial charge in [-0.15, -0.1) is 0 Å². The highest BCUT2D eigenvalue weighted by atomic mass is 31.2. The quantitative estimate of drug-likeness (QED) is 0.436. The maximum Gasteiger partial charge on any atom is 0.325 e. The molecule has 0 amide bonds. The molecule has 0 bridgehead atoms. The van der Waals surface area contributed by atoms with E-state index in [0.717, 1.165) is 18.9 Å². The van der Waals surface area contributed by atoms with Gasteiger partial charge in [0.2, 0.25) is 0 Å². The Morgan fingerprint density at radius 2 is 1.61 bits per heavy atom. The molecule has 4 nitrogen and oxygen atoms in total. The third-order valence-corrected chi connectivity index (χ3v) is 3.25. The van der Waals surface area contributed by atoms with Gasteiger partial charge in [-0.1, -0.05) is 39.5 Å². The van der Waals surface area contributed by atoms with E-state index in [1.165, 1.54) is 32.3 Å². The lowest BCUT2D eigenvalue weighted by molar-refractivity contribution is 0.114. The van der Waals surface area contributed by atoms with Gasteiger partial charge >= 0.3 is 7.60 Å². The second-order valence-corrected chi connectivity index (χ2v) is 7.06. The summed E-state index contributed by atoms with van der Waals surface area (Å²) in [6.07, 6.45) is 6.92. The van der Waals surface area contributed by atoms with Gasteiger partial charge in [0.1, 0.15) is 0 Å². The first-order valence-corrected chi connectivity index (χ1v) is 8.97. The summed E-state index contributed by atoms with van der Waals surface area (Å²) in [5, 5.41) is 0. The second kappa shape index (κ2) is 11.0. The molecule has 18 heavy (non-hydrogen) atoms. The Kier molecular flexibility index (Phi) is 11.0. The third-order valence-electron chi connectivity index (χ3n) is 2.58. The summed E-state index contributed by atoms with van der Waals surface area (Å²) in [5.74, 6) is 0.808. The molecule has 0 heterocycles. The first kappa shape index (κ1) is 18.1. The Morgan fingerprint density at radius 3 is 2.22 bits per heavy atom. The van der Waals surface area contributed by atoms with Crippen molar-refractivity contribution in [1.82, 2.24) is 0 Å². The van der Waals surface area contributed by atoms with E-state index in [0.29, 0.717) is 19.6 Å². The summed E-state index contributed by atoms with van der Waals surface area (Å²) in [6.45, 7) is 7.39. The van der Waals surface area contributed by atoms with Gasteiger partial charge in [0.25, 0.3) is 0 Å². The summed E-state index contributed by atoms with van der Waals surface area (Å²) in [5.41, 5.74) is 0. The predicted octanol–water partition coefficient (Wildman–Crippen LogP) is 3.83. The molecule has 0 aliphatic heterocycles. The molecule has 5 heteroatoms. The van der Waals surface area contributed by atoms with Gasteiger partial charge in [-0.25, -0.2) is 0 Å². The number of ether oxygens (including phenoxy) is 1. The van der Waals surface area contributed by atoms with Crippen molar-refractivity contribution in [2.75, 3.05) is 26.5 Å². The first-order valence-electron chi connectivity index (χ1n) is 6.94. The molecule has 1 atom stereocenters. The molecule has 0 aliphatic carbocycles. The topological polar surface area (TPSA) is 55.8 Å². The van der Waals surface area contributed by atoms with E-state index in [4.69, 9.17) is 14.2 Å². The largest absolute Gasteiger partial charge is 0.381 e. The zero-order valence-corrected chi connectivity index (χ0v) is 13.0. The average molecular weight is 280 g/mol. The Hall–Kier alpha value is 0.110. The average Bonchev–Trinajstić information content (AvgIpc) is 2.24. The molecule has 0 rings (SSSR count). The molecular weight excluding hydrogens is 251 g/mol. The van der Waals surface area contributed by atoms with Crippen LogP contribution < -0.4 is 0 Å². The molecule has 0 saturated carbocycles. The predicted molar refractivity (Wildman–Crippen MR) is 75.1 cm³/mol. The highest BCUT2D eigenvalue weighted by Crippen LogP contribution is 2.36. The van der Waals surface area contributed by atoms with Crippen molar-refractivity contribution in [3.63, 3.8) is 0 Å². The minimum absolute atomic E-state index is 0.290. The van der Waals surface area contributed by atoms with Crippen LogP contribution in [0.15, 0.2) is 0 Å². The van der Waals surface area contributed by atoms with Crippen LogP contribution in [0.25, 0.3) is 0 Å². The smallest absolute Gasteiger partial charge is 0.325 e. The highest BCUT2D eigenvalue weighted by Gasteiger charge is 2.08. The molecule has 0 saturated heterocycles. The SMILES string of the molecule is CC(C)CCCCCCOCCCOP(C)(=O)O. The van der Waals surface area contributed by atoms with Crippen LogP contribution in [0.3, 0.4) is 0 Å². The Morgan fingerprint density at radius 1 is 1.00 bits per heavy atom. The van der Waals surface area contributed by atoms with Crippen LogP contribution in [-0.2, 0) is 13.8 Å². The van der Waals surface area contributed by atoms with E-state index in [9.17, 15) is 4.57 Å². The molecule has 0 fully saturated rings. The molecule has 0 spiro atoms. The Bertz CT molecular complexity index is 225. The summed E-state index contributed by atoms with van der Waals surface area (Å²) >= 11 is 0. The van der Waals surface area contributed by atoms with Gasteiger partial charge in [0, 0.05) is 19.9 Å². The Balaban J connectivity index is 3.06. The van der Waals surface area contributed by atoms with Gasteiger partial charge in [-0.05, 0) is 18.8 Å². The maximum atomic E-state index is 10.8. The van der Waals surface area contributed by atoms with Crippen molar-refractivity contribution in [1.29, 1.82) is 0 Å². The summed E-state index contributed by atoms with van der Waals surface area (Å²) in [7, 11) is -3.30. The van der Waals surface area contributed by atoms with E-state index in [2.05, 4.69) is 13.8 Å². The molecule has 1 unspecified atom stereocenters. The number of hydrogen-bond donors (Lipinski definition) is 1. The number of rotatable bonds is 12. The third kappa shape index (κ3) is 16.1. The Labute approximate surface area is 112 Å². The lowest BCUT2D eigenvalue weighted by Crippen LogP contribution is -2.01. The monoisotopic (exact) mass is 280 g/mol. The van der Waals surface area contributed by atoms with Gasteiger partial charge in [-0.2, -0.15) is 0 Å². The molecule has 0 aromatic heterocycles. The van der Waals surface area contributed by atoms with Crippen LogP contribution >= 0.6 is 7.60 Å². The number of hydrogen-bond acceptors (Lipinski definition) is 3. The van der Waals surface area contributed by atoms with Crippen LogP contribution in [0.2, 0.25) is 0 Å². The lowest BCUT2D eigenvalue weighted by Gasteiger charge is -2.07. The van der Waals surface area contributed by atoms with Crippen molar-refractivity contribution in [2.45, 2.75) is 52.4 Å². The van der Waals surface area contributed by atoms with Crippen molar-refractivity contribution in [3.05, 3.63) is 0 Å².